The van der Waals surface area contributed by atoms with Gasteiger partial charge in [0.05, 0.1) is 12.0 Å². The van der Waals surface area contributed by atoms with Crippen LogP contribution in [0.1, 0.15) is 15.9 Å². The second-order valence-corrected chi connectivity index (χ2v) is 3.41. The molecule has 1 aromatic carbocycles. The number of carbonyl (C=O) groups excluding carboxylic acids is 1. The number of nitro groups is 1. The summed E-state index contributed by atoms with van der Waals surface area (Å²) in [5, 5.41) is 13.5. The number of nitrogens with one attached hydrogen (secondary N) is 1. The van der Waals surface area contributed by atoms with Crippen LogP contribution in [0.5, 0.6) is 5.75 Å². The largest absolute Gasteiger partial charge is 0.490 e. The minimum absolute atomic E-state index is 0.112. The minimum atomic E-state index is -0.581. The Hall–Kier alpha value is -2.11. The monoisotopic (exact) mass is 222 g/mol. The Kier molecular flexibility index (Phi) is 2.47. The molecule has 1 aromatic rings. The van der Waals surface area contributed by atoms with Gasteiger partial charge in [0, 0.05) is 6.54 Å². The van der Waals surface area contributed by atoms with Crippen molar-refractivity contribution in [2.45, 2.75) is 6.42 Å². The molecule has 6 heteroatoms. The van der Waals surface area contributed by atoms with Crippen molar-refractivity contribution in [3.63, 3.8) is 0 Å². The van der Waals surface area contributed by atoms with Gasteiger partial charge in [-0.15, -0.1) is 0 Å². The van der Waals surface area contributed by atoms with Crippen molar-refractivity contribution in [1.29, 1.82) is 0 Å². The lowest BCUT2D eigenvalue weighted by Crippen LogP contribution is -2.32. The fraction of sp³-hybridized carbons (Fsp3) is 0.300. The summed E-state index contributed by atoms with van der Waals surface area (Å²) in [7, 11) is 1.34. The molecule has 16 heavy (non-hydrogen) atoms. The highest BCUT2D eigenvalue weighted by Crippen LogP contribution is 2.34. The summed E-state index contributed by atoms with van der Waals surface area (Å²) in [6, 6.07) is 3.22. The number of fused-ring (bicyclic) bond motifs is 1. The molecule has 0 spiro atoms. The molecule has 84 valence electrons. The molecule has 1 amide bonds. The number of hydrogen-bond acceptors (Lipinski definition) is 4. The van der Waals surface area contributed by atoms with E-state index in [1.165, 1.54) is 13.2 Å². The third-order valence-corrected chi connectivity index (χ3v) is 2.54. The second kappa shape index (κ2) is 3.80. The van der Waals surface area contributed by atoms with Gasteiger partial charge in [0.25, 0.3) is 5.91 Å². The predicted molar refractivity (Wildman–Crippen MR) is 55.7 cm³/mol. The molecule has 0 atom stereocenters. The van der Waals surface area contributed by atoms with Crippen LogP contribution in [0.2, 0.25) is 0 Å². The zero-order valence-electron chi connectivity index (χ0n) is 8.65. The predicted octanol–water partition coefficient (Wildman–Crippen LogP) is 0.889. The van der Waals surface area contributed by atoms with Crippen molar-refractivity contribution in [3.8, 4) is 5.75 Å². The van der Waals surface area contributed by atoms with E-state index >= 15 is 0 Å². The van der Waals surface area contributed by atoms with Gasteiger partial charge in [0.1, 0.15) is 5.56 Å². The van der Waals surface area contributed by atoms with Crippen molar-refractivity contribution < 1.29 is 14.5 Å². The van der Waals surface area contributed by atoms with Gasteiger partial charge in [-0.2, -0.15) is 0 Å². The van der Waals surface area contributed by atoms with Gasteiger partial charge < -0.3 is 10.1 Å². The number of ether oxygens (including phenoxy) is 1. The zero-order chi connectivity index (χ0) is 11.7. The summed E-state index contributed by atoms with van der Waals surface area (Å²) in [6.45, 7) is 0.509. The zero-order valence-corrected chi connectivity index (χ0v) is 8.65. The first kappa shape index (κ1) is 10.4. The summed E-state index contributed by atoms with van der Waals surface area (Å²) in [6.07, 6.45) is 0.603. The molecule has 1 aliphatic rings. The smallest absolute Gasteiger partial charge is 0.323 e. The molecule has 2 rings (SSSR count). The molecule has 0 bridgehead atoms. The molecule has 0 aliphatic carbocycles. The van der Waals surface area contributed by atoms with Gasteiger partial charge in [0.2, 0.25) is 0 Å². The highest BCUT2D eigenvalue weighted by molar-refractivity contribution is 6.01. The van der Waals surface area contributed by atoms with Crippen LogP contribution in [0.25, 0.3) is 0 Å². The van der Waals surface area contributed by atoms with Crippen molar-refractivity contribution in [2.75, 3.05) is 13.7 Å². The second-order valence-electron chi connectivity index (χ2n) is 3.41. The molecule has 0 saturated carbocycles. The van der Waals surface area contributed by atoms with Crippen molar-refractivity contribution >= 4 is 11.6 Å². The Morgan fingerprint density at radius 1 is 1.50 bits per heavy atom. The van der Waals surface area contributed by atoms with Crippen LogP contribution in [0.4, 0.5) is 5.69 Å². The normalized spacial score (nSPS) is 13.9. The van der Waals surface area contributed by atoms with E-state index in [-0.39, 0.29) is 17.0 Å². The maximum Gasteiger partial charge on any atom is 0.323 e. The number of methoxy groups -OCH3 is 1. The first-order valence-corrected chi connectivity index (χ1v) is 4.77. The van der Waals surface area contributed by atoms with E-state index in [1.54, 1.807) is 6.07 Å². The highest BCUT2D eigenvalue weighted by Gasteiger charge is 2.30. The number of rotatable bonds is 2. The SMILES string of the molecule is COc1ccc2c(c1[N+](=O)[O-])C(=O)NCC2. The van der Waals surface area contributed by atoms with Crippen LogP contribution in [0.15, 0.2) is 12.1 Å². The van der Waals surface area contributed by atoms with Gasteiger partial charge in [-0.25, -0.2) is 0 Å². The number of hydrogen-bond donors (Lipinski definition) is 1. The Morgan fingerprint density at radius 2 is 2.25 bits per heavy atom. The van der Waals surface area contributed by atoms with E-state index < -0.39 is 10.8 Å². The van der Waals surface area contributed by atoms with E-state index in [1.807, 2.05) is 0 Å². The number of amides is 1. The van der Waals surface area contributed by atoms with E-state index in [0.29, 0.717) is 18.5 Å². The van der Waals surface area contributed by atoms with Gasteiger partial charge in [0.15, 0.2) is 5.75 Å². The number of carbonyl (C=O) groups is 1. The summed E-state index contributed by atoms with van der Waals surface area (Å²) < 4.78 is 4.90. The Labute approximate surface area is 91.4 Å². The van der Waals surface area contributed by atoms with Crippen LogP contribution < -0.4 is 10.1 Å². The fourth-order valence-electron chi connectivity index (χ4n) is 1.82. The number of nitro benzene ring substituents is 1. The van der Waals surface area contributed by atoms with Gasteiger partial charge in [-0.3, -0.25) is 14.9 Å². The molecular weight excluding hydrogens is 212 g/mol. The van der Waals surface area contributed by atoms with Crippen LogP contribution in [0, 0.1) is 10.1 Å². The summed E-state index contributed by atoms with van der Waals surface area (Å²) >= 11 is 0. The van der Waals surface area contributed by atoms with Crippen LogP contribution in [0.3, 0.4) is 0 Å². The molecule has 0 fully saturated rings. The average Bonchev–Trinajstić information content (AvgIpc) is 2.27. The first-order chi connectivity index (χ1) is 7.65. The minimum Gasteiger partial charge on any atom is -0.490 e. The molecule has 1 heterocycles. The van der Waals surface area contributed by atoms with E-state index in [9.17, 15) is 14.9 Å². The Balaban J connectivity index is 2.70. The third kappa shape index (κ3) is 1.48. The maximum atomic E-state index is 11.6. The van der Waals surface area contributed by atoms with Crippen LogP contribution in [-0.2, 0) is 6.42 Å². The third-order valence-electron chi connectivity index (χ3n) is 2.54. The lowest BCUT2D eigenvalue weighted by Gasteiger charge is -2.17. The molecule has 0 saturated heterocycles. The lowest BCUT2D eigenvalue weighted by atomic mass is 9.98. The standard InChI is InChI=1S/C10H10N2O4/c1-16-7-3-2-6-4-5-11-10(13)8(6)9(7)12(14)15/h2-3H,4-5H2,1H3,(H,11,13). The maximum absolute atomic E-state index is 11.6. The summed E-state index contributed by atoms with van der Waals surface area (Å²) in [5.41, 5.74) is 0.559. The lowest BCUT2D eigenvalue weighted by molar-refractivity contribution is -0.386. The molecule has 0 radical (unpaired) electrons. The molecule has 1 aliphatic heterocycles. The van der Waals surface area contributed by atoms with Gasteiger partial charge in [-0.1, -0.05) is 6.07 Å². The molecule has 6 nitrogen and oxygen atoms in total. The van der Waals surface area contributed by atoms with E-state index in [2.05, 4.69) is 5.32 Å². The molecule has 0 unspecified atom stereocenters. The number of nitrogens with zero attached hydrogens (tertiary/aromatic N) is 1. The van der Waals surface area contributed by atoms with Crippen LogP contribution >= 0.6 is 0 Å². The fourth-order valence-corrected chi connectivity index (χ4v) is 1.82. The number of benzene rings is 1. The Bertz CT molecular complexity index is 455. The van der Waals surface area contributed by atoms with Gasteiger partial charge >= 0.3 is 5.69 Å². The molecule has 1 N–H and O–H groups in total. The average molecular weight is 222 g/mol. The highest BCUT2D eigenvalue weighted by atomic mass is 16.6. The topological polar surface area (TPSA) is 81.5 Å². The van der Waals surface area contributed by atoms with Crippen molar-refractivity contribution in [2.24, 2.45) is 0 Å². The Morgan fingerprint density at radius 3 is 2.88 bits per heavy atom. The first-order valence-electron chi connectivity index (χ1n) is 4.77. The summed E-state index contributed by atoms with van der Waals surface area (Å²) in [4.78, 5) is 22.0. The van der Waals surface area contributed by atoms with E-state index in [4.69, 9.17) is 4.74 Å². The molecular formula is C10H10N2O4. The summed E-state index contributed by atoms with van der Waals surface area (Å²) in [5.74, 6) is -0.298. The van der Waals surface area contributed by atoms with Crippen molar-refractivity contribution in [1.82, 2.24) is 5.32 Å². The van der Waals surface area contributed by atoms with Crippen molar-refractivity contribution in [3.05, 3.63) is 33.4 Å². The van der Waals surface area contributed by atoms with Crippen LogP contribution in [-0.4, -0.2) is 24.5 Å². The quantitative estimate of drug-likeness (QED) is 0.595. The molecule has 0 aromatic heterocycles. The van der Waals surface area contributed by atoms with E-state index in [0.717, 1.165) is 0 Å². The van der Waals surface area contributed by atoms with Gasteiger partial charge in [-0.05, 0) is 18.1 Å².